The number of rotatable bonds is 3. The largest absolute Gasteiger partial charge is 0.466 e. The van der Waals surface area contributed by atoms with E-state index >= 15 is 0 Å². The molecule has 3 N–H and O–H groups in total. The molecule has 9 heteroatoms. The number of alkyl halides is 3. The van der Waals surface area contributed by atoms with Crippen LogP contribution in [-0.4, -0.2) is 35.6 Å². The molecule has 0 bridgehead atoms. The van der Waals surface area contributed by atoms with Gasteiger partial charge in [0.1, 0.15) is 5.92 Å². The number of esters is 1. The Balaban J connectivity index is 2.54. The van der Waals surface area contributed by atoms with Crippen molar-refractivity contribution in [2.24, 2.45) is 5.92 Å². The third-order valence-corrected chi connectivity index (χ3v) is 3.51. The van der Waals surface area contributed by atoms with Crippen LogP contribution in [0.4, 0.5) is 18.0 Å². The smallest absolute Gasteiger partial charge is 0.437 e. The lowest BCUT2D eigenvalue weighted by atomic mass is 9.82. The van der Waals surface area contributed by atoms with Crippen LogP contribution in [0.5, 0.6) is 0 Å². The Hall–Kier alpha value is -2.29. The number of hydrogen-bond acceptors (Lipinski definition) is 4. The zero-order valence-electron chi connectivity index (χ0n) is 12.1. The summed E-state index contributed by atoms with van der Waals surface area (Å²) in [6.45, 7) is 1.26. The maximum absolute atomic E-state index is 13.3. The second-order valence-corrected chi connectivity index (χ2v) is 4.98. The molecule has 1 aromatic rings. The van der Waals surface area contributed by atoms with E-state index in [0.29, 0.717) is 0 Å². The highest BCUT2D eigenvalue weighted by Crippen LogP contribution is 2.42. The van der Waals surface area contributed by atoms with Gasteiger partial charge in [-0.25, -0.2) is 4.79 Å². The Labute approximate surface area is 129 Å². The molecule has 0 saturated carbocycles. The molecule has 23 heavy (non-hydrogen) atoms. The molecule has 1 aromatic carbocycles. The van der Waals surface area contributed by atoms with E-state index in [1.165, 1.54) is 24.4 Å². The summed E-state index contributed by atoms with van der Waals surface area (Å²) in [5.74, 6) is -3.36. The first-order valence-corrected chi connectivity index (χ1v) is 6.80. The second kappa shape index (κ2) is 6.07. The fourth-order valence-electron chi connectivity index (χ4n) is 2.47. The van der Waals surface area contributed by atoms with Crippen LogP contribution in [0.2, 0.25) is 0 Å². The van der Waals surface area contributed by atoms with E-state index in [0.717, 1.165) is 0 Å². The van der Waals surface area contributed by atoms with E-state index in [1.807, 2.05) is 0 Å². The zero-order chi connectivity index (χ0) is 17.3. The van der Waals surface area contributed by atoms with Crippen molar-refractivity contribution in [2.45, 2.75) is 24.9 Å². The van der Waals surface area contributed by atoms with Crippen LogP contribution in [0.3, 0.4) is 0 Å². The van der Waals surface area contributed by atoms with Gasteiger partial charge in [-0.2, -0.15) is 13.2 Å². The zero-order valence-corrected chi connectivity index (χ0v) is 12.1. The molecule has 0 aromatic heterocycles. The first kappa shape index (κ1) is 17.1. The normalized spacial score (nSPS) is 27.8. The van der Waals surface area contributed by atoms with E-state index in [4.69, 9.17) is 0 Å². The number of ether oxygens (including phenoxy) is 1. The Morgan fingerprint density at radius 3 is 2.48 bits per heavy atom. The molecule has 1 saturated heterocycles. The summed E-state index contributed by atoms with van der Waals surface area (Å²) in [7, 11) is 0. The summed E-state index contributed by atoms with van der Waals surface area (Å²) in [6, 6.07) is 4.96. The molecule has 6 nitrogen and oxygen atoms in total. The number of carbonyl (C=O) groups excluding carboxylic acids is 2. The third kappa shape index (κ3) is 3.09. The minimum Gasteiger partial charge on any atom is -0.466 e. The Morgan fingerprint density at radius 1 is 1.35 bits per heavy atom. The summed E-state index contributed by atoms with van der Waals surface area (Å²) >= 11 is 0. The molecule has 0 aliphatic carbocycles. The molecular weight excluding hydrogens is 317 g/mol. The number of urea groups is 1. The number of aliphatic hydroxyl groups is 1. The summed E-state index contributed by atoms with van der Waals surface area (Å²) in [6.07, 6.45) is -5.27. The SMILES string of the molecule is CCOC(=O)[C@H]1[C@H](c2ccccc2)NC(=O)N[C@]1(O)C(F)(F)F. The lowest BCUT2D eigenvalue weighted by Gasteiger charge is -2.44. The lowest BCUT2D eigenvalue weighted by molar-refractivity contribution is -0.294. The molecule has 1 aliphatic rings. The van der Waals surface area contributed by atoms with Crippen molar-refractivity contribution in [1.82, 2.24) is 10.6 Å². The molecule has 1 fully saturated rings. The molecule has 0 unspecified atom stereocenters. The minimum atomic E-state index is -5.27. The van der Waals surface area contributed by atoms with E-state index in [-0.39, 0.29) is 12.2 Å². The van der Waals surface area contributed by atoms with Crippen LogP contribution in [0.15, 0.2) is 30.3 Å². The van der Waals surface area contributed by atoms with Crippen molar-refractivity contribution < 1.29 is 32.6 Å². The molecule has 1 heterocycles. The number of carbonyl (C=O) groups is 2. The maximum atomic E-state index is 13.3. The molecular formula is C14H15F3N2O4. The van der Waals surface area contributed by atoms with Gasteiger partial charge in [0.25, 0.3) is 5.72 Å². The summed E-state index contributed by atoms with van der Waals surface area (Å²) < 4.78 is 44.7. The average molecular weight is 332 g/mol. The van der Waals surface area contributed by atoms with Crippen LogP contribution < -0.4 is 10.6 Å². The number of halogens is 3. The molecule has 1 aliphatic heterocycles. The van der Waals surface area contributed by atoms with E-state index in [9.17, 15) is 27.9 Å². The maximum Gasteiger partial charge on any atom is 0.437 e. The standard InChI is InChI=1S/C14H15F3N2O4/c1-2-23-11(20)9-10(8-6-4-3-5-7-8)18-12(21)19-13(9,22)14(15,16)17/h3-7,9-10,22H,2H2,1H3,(H2,18,19,21)/t9-,10+,13-/m1/s1. The van der Waals surface area contributed by atoms with E-state index in [2.05, 4.69) is 10.1 Å². The monoisotopic (exact) mass is 332 g/mol. The van der Waals surface area contributed by atoms with E-state index in [1.54, 1.807) is 18.2 Å². The first-order valence-electron chi connectivity index (χ1n) is 6.80. The highest BCUT2D eigenvalue weighted by atomic mass is 19.4. The molecule has 2 rings (SSSR count). The molecule has 0 radical (unpaired) electrons. The Morgan fingerprint density at radius 2 is 1.96 bits per heavy atom. The molecule has 3 atom stereocenters. The summed E-state index contributed by atoms with van der Waals surface area (Å²) in [4.78, 5) is 23.7. The lowest BCUT2D eigenvalue weighted by Crippen LogP contribution is -2.73. The van der Waals surface area contributed by atoms with Crippen molar-refractivity contribution in [3.8, 4) is 0 Å². The fourth-order valence-corrected chi connectivity index (χ4v) is 2.47. The highest BCUT2D eigenvalue weighted by Gasteiger charge is 2.67. The number of amides is 2. The van der Waals surface area contributed by atoms with Crippen LogP contribution in [0, 0.1) is 5.92 Å². The van der Waals surface area contributed by atoms with Crippen LogP contribution in [-0.2, 0) is 9.53 Å². The van der Waals surface area contributed by atoms with Gasteiger partial charge in [0, 0.05) is 0 Å². The van der Waals surface area contributed by atoms with Gasteiger partial charge in [-0.1, -0.05) is 30.3 Å². The van der Waals surface area contributed by atoms with Crippen molar-refractivity contribution in [1.29, 1.82) is 0 Å². The topological polar surface area (TPSA) is 87.7 Å². The van der Waals surface area contributed by atoms with Gasteiger partial charge in [0.15, 0.2) is 0 Å². The minimum absolute atomic E-state index is 0.168. The van der Waals surface area contributed by atoms with Gasteiger partial charge < -0.3 is 20.5 Å². The van der Waals surface area contributed by atoms with Crippen LogP contribution >= 0.6 is 0 Å². The highest BCUT2D eigenvalue weighted by molar-refractivity contribution is 5.83. The molecule has 126 valence electrons. The first-order chi connectivity index (χ1) is 10.7. The van der Waals surface area contributed by atoms with Gasteiger partial charge in [0.2, 0.25) is 0 Å². The quantitative estimate of drug-likeness (QED) is 0.732. The van der Waals surface area contributed by atoms with E-state index < -0.39 is 35.9 Å². The number of benzene rings is 1. The fraction of sp³-hybridized carbons (Fsp3) is 0.429. The van der Waals surface area contributed by atoms with Gasteiger partial charge in [-0.3, -0.25) is 4.79 Å². The summed E-state index contributed by atoms with van der Waals surface area (Å²) in [5, 5.41) is 13.7. The van der Waals surface area contributed by atoms with Gasteiger partial charge in [-0.15, -0.1) is 0 Å². The second-order valence-electron chi connectivity index (χ2n) is 4.98. The average Bonchev–Trinajstić information content (AvgIpc) is 2.46. The number of hydrogen-bond donors (Lipinski definition) is 3. The third-order valence-electron chi connectivity index (χ3n) is 3.51. The van der Waals surface area contributed by atoms with Crippen molar-refractivity contribution in [3.63, 3.8) is 0 Å². The predicted molar refractivity (Wildman–Crippen MR) is 72.0 cm³/mol. The van der Waals surface area contributed by atoms with Crippen molar-refractivity contribution in [2.75, 3.05) is 6.61 Å². The van der Waals surface area contributed by atoms with Crippen molar-refractivity contribution in [3.05, 3.63) is 35.9 Å². The predicted octanol–water partition coefficient (Wildman–Crippen LogP) is 1.47. The van der Waals surface area contributed by atoms with Crippen LogP contribution in [0.25, 0.3) is 0 Å². The molecule has 0 spiro atoms. The van der Waals surface area contributed by atoms with Crippen LogP contribution in [0.1, 0.15) is 18.5 Å². The molecule has 2 amide bonds. The Kier molecular flexibility index (Phi) is 4.51. The van der Waals surface area contributed by atoms with Gasteiger partial charge in [-0.05, 0) is 12.5 Å². The van der Waals surface area contributed by atoms with Gasteiger partial charge >= 0.3 is 18.2 Å². The Bertz CT molecular complexity index is 593. The van der Waals surface area contributed by atoms with Crippen molar-refractivity contribution >= 4 is 12.0 Å². The summed E-state index contributed by atoms with van der Waals surface area (Å²) in [5.41, 5.74) is -3.50. The number of nitrogens with one attached hydrogen (secondary N) is 2. The van der Waals surface area contributed by atoms with Gasteiger partial charge in [0.05, 0.1) is 12.6 Å².